The Bertz CT molecular complexity index is 3050. The van der Waals surface area contributed by atoms with Gasteiger partial charge in [0.15, 0.2) is 0 Å². The van der Waals surface area contributed by atoms with Gasteiger partial charge < -0.3 is 30.9 Å². The Labute approximate surface area is 596 Å². The summed E-state index contributed by atoms with van der Waals surface area (Å²) in [6.07, 6.45) is 0.364. The van der Waals surface area contributed by atoms with E-state index in [2.05, 4.69) is 381 Å². The second-order valence-corrected chi connectivity index (χ2v) is 32.4. The molecule has 0 radical (unpaired) electrons. The van der Waals surface area contributed by atoms with Gasteiger partial charge in [0.2, 0.25) is 0 Å². The van der Waals surface area contributed by atoms with Crippen LogP contribution in [0.2, 0.25) is 0 Å². The van der Waals surface area contributed by atoms with Gasteiger partial charge in [-0.15, -0.1) is 0 Å². The van der Waals surface area contributed by atoms with Gasteiger partial charge in [0.1, 0.15) is 63.7 Å². The van der Waals surface area contributed by atoms with Crippen molar-refractivity contribution in [3.63, 3.8) is 0 Å². The minimum Gasteiger partial charge on any atom is -2.00 e. The van der Waals surface area contributed by atoms with E-state index in [1.807, 2.05) is 0 Å². The summed E-state index contributed by atoms with van der Waals surface area (Å²) < 4.78 is 63.8. The van der Waals surface area contributed by atoms with Gasteiger partial charge in [0, 0.05) is 6.42 Å². The Hall–Kier alpha value is -6.08. The average Bonchev–Trinajstić information content (AvgIpc) is 0.804. The van der Waals surface area contributed by atoms with E-state index in [1.165, 1.54) is 63.7 Å². The van der Waals surface area contributed by atoms with Crippen LogP contribution in [0.15, 0.2) is 364 Å². The zero-order valence-corrected chi connectivity index (χ0v) is 62.3. The van der Waals surface area contributed by atoms with Gasteiger partial charge >= 0.3 is 81.1 Å². The molecule has 0 atom stereocenters. The van der Waals surface area contributed by atoms with E-state index in [0.717, 1.165) is 0 Å². The summed E-state index contributed by atoms with van der Waals surface area (Å²) in [5.74, 6) is 0.265. The van der Waals surface area contributed by atoms with Crippen molar-refractivity contribution in [3.05, 3.63) is 364 Å². The first-order valence-electron chi connectivity index (χ1n) is 29.5. The molecule has 2 nitrogen and oxygen atoms in total. The minimum absolute atomic E-state index is 0. The van der Waals surface area contributed by atoms with Crippen LogP contribution in [0.5, 0.6) is 0 Å². The Kier molecular flexibility index (Phi) is 35.7. The standard InChI is InChI=1S/4C18H15P.C5H10O2S.F6P.2Pt.S/c4*1-4-10-16(11-5-1)19(17-12-6-2-7-13-17)18-14-8-3-9-15-18;1-2-7-5(6)3-4-8;1-7(2,3,4,5)6;;;/h4*1-15H;8H,2-4H2,1H3;;;;/q;;;;;-1;2*+2;-2/p+3. The Balaban J connectivity index is 0.000000246. The van der Waals surface area contributed by atoms with Crippen LogP contribution < -0.4 is 63.7 Å². The number of ether oxygens (including phenoxy) is 1. The van der Waals surface area contributed by atoms with Crippen molar-refractivity contribution < 1.29 is 76.8 Å². The maximum absolute atomic E-state index is 10.7. The summed E-state index contributed by atoms with van der Waals surface area (Å²) in [6, 6.07) is 130. The number of esters is 1. The van der Waals surface area contributed by atoms with Crippen molar-refractivity contribution in [2.24, 2.45) is 0 Å². The topological polar surface area (TPSA) is 26.3 Å². The third-order valence-electron chi connectivity index (χ3n) is 13.4. The number of halogens is 6. The van der Waals surface area contributed by atoms with Crippen molar-refractivity contribution >= 4 is 135 Å². The van der Waals surface area contributed by atoms with Crippen LogP contribution in [0, 0.1) is 0 Å². The molecule has 0 unspecified atom stereocenters. The van der Waals surface area contributed by atoms with E-state index in [-0.39, 0.29) is 61.6 Å². The molecule has 12 aromatic carbocycles. The number of hydrogen-bond acceptors (Lipinski definition) is 3. The molecule has 0 bridgehead atoms. The molecule has 12 rings (SSSR count). The quantitative estimate of drug-likeness (QED) is 0.0443. The van der Waals surface area contributed by atoms with Gasteiger partial charge in [-0.05, 0) is 153 Å². The van der Waals surface area contributed by atoms with Crippen LogP contribution in [0.1, 0.15) is 13.3 Å². The first-order chi connectivity index (χ1) is 44.1. The molecule has 0 aliphatic carbocycles. The molecule has 94 heavy (non-hydrogen) atoms. The van der Waals surface area contributed by atoms with Crippen molar-refractivity contribution in [3.8, 4) is 0 Å². The molecule has 12 aromatic rings. The van der Waals surface area contributed by atoms with Crippen LogP contribution in [-0.2, 0) is 77.8 Å². The van der Waals surface area contributed by atoms with Gasteiger partial charge in [-0.25, -0.2) is 0 Å². The molecule has 0 saturated carbocycles. The summed E-state index contributed by atoms with van der Waals surface area (Å²) in [7, 11) is -14.2. The van der Waals surface area contributed by atoms with Gasteiger partial charge in [0.25, 0.3) is 0 Å². The molecular weight excluding hydrogens is 1680 g/mol. The Morgan fingerprint density at radius 3 is 0.479 bits per heavy atom. The van der Waals surface area contributed by atoms with Crippen LogP contribution in [0.3, 0.4) is 0 Å². The van der Waals surface area contributed by atoms with E-state index in [0.29, 0.717) is 18.8 Å². The molecule has 17 heteroatoms. The zero-order chi connectivity index (χ0) is 64.5. The van der Waals surface area contributed by atoms with Gasteiger partial charge in [-0.3, -0.25) is 4.79 Å². The molecule has 0 saturated heterocycles. The average molecular weight is 1750 g/mol. The smallest absolute Gasteiger partial charge is 2.00 e. The number of hydrogen-bond donors (Lipinski definition) is 0. The minimum atomic E-state index is -10.7. The predicted molar refractivity (Wildman–Crippen MR) is 401 cm³/mol. The third kappa shape index (κ3) is 29.9. The number of benzene rings is 12. The fraction of sp³-hybridized carbons (Fsp3) is 0.0519. The number of rotatable bonds is 15. The van der Waals surface area contributed by atoms with E-state index >= 15 is 0 Å². The van der Waals surface area contributed by atoms with Crippen LogP contribution in [0.4, 0.5) is 25.2 Å². The second kappa shape index (κ2) is 41.8. The molecule has 0 aliphatic heterocycles. The summed E-state index contributed by atoms with van der Waals surface area (Å²) >= 11 is 4.54. The first kappa shape index (κ1) is 80.4. The number of carbonyl (C=O) groups is 1. The van der Waals surface area contributed by atoms with Gasteiger partial charge in [-0.1, -0.05) is 218 Å². The maximum atomic E-state index is 10.4. The third-order valence-corrected chi connectivity index (χ3v) is 24.5. The first-order valence-corrected chi connectivity index (χ1v) is 38.1. The fourth-order valence-corrected chi connectivity index (χ4v) is 20.1. The maximum Gasteiger partial charge on any atom is 2.00 e. The molecule has 488 valence electrons. The monoisotopic (exact) mass is 1750 g/mol. The molecule has 0 aromatic heterocycles. The number of carbonyl (C=O) groups excluding carboxylic acids is 1. The zero-order valence-electron chi connectivity index (χ0n) is 51.2. The van der Waals surface area contributed by atoms with Gasteiger partial charge in [-0.2, -0.15) is 5.75 Å². The summed E-state index contributed by atoms with van der Waals surface area (Å²) in [6.45, 7) is 2.23. The predicted octanol–water partition coefficient (Wildman–Crippen LogP) is 16.6. The molecule has 0 aliphatic rings. The van der Waals surface area contributed by atoms with Crippen molar-refractivity contribution in [2.75, 3.05) is 12.4 Å². The molecule has 0 amide bonds. The fourth-order valence-electron chi connectivity index (χ4n) is 9.57. The van der Waals surface area contributed by atoms with Crippen LogP contribution in [0.25, 0.3) is 0 Å². The van der Waals surface area contributed by atoms with E-state index < -0.39 is 39.5 Å². The second-order valence-electron chi connectivity index (χ2n) is 20.1. The van der Waals surface area contributed by atoms with Crippen LogP contribution in [-0.4, -0.2) is 18.3 Å². The summed E-state index contributed by atoms with van der Waals surface area (Å²) in [5.41, 5.74) is 0. The molecule has 0 spiro atoms. The molecule has 0 N–H and O–H groups in total. The Morgan fingerprint density at radius 2 is 0.394 bits per heavy atom. The SMILES string of the molecule is CCOC(=O)CC[S-].F[P-](F)(F)(F)(F)F.[Pt+2].[Pt+2].[S-2].c1ccc([PH+](c2ccccc2)c2ccccc2)cc1.c1ccc([PH+](c2ccccc2)c2ccccc2)cc1.c1ccc([PH+](c2ccccc2)c2ccccc2)cc1.c1ccc([PH+](c2ccccc2)c2ccccc2)cc1. The molecular formula is C77H73F6O2P5Pt2S2+4. The van der Waals surface area contributed by atoms with Crippen molar-refractivity contribution in [2.45, 2.75) is 13.3 Å². The largest absolute Gasteiger partial charge is 2.00 e. The Morgan fingerprint density at radius 1 is 0.287 bits per heavy atom. The summed E-state index contributed by atoms with van der Waals surface area (Å²) in [5, 5.41) is 17.2. The van der Waals surface area contributed by atoms with Crippen LogP contribution >= 0.6 is 39.5 Å². The van der Waals surface area contributed by atoms with E-state index in [9.17, 15) is 30.0 Å². The molecule has 0 heterocycles. The van der Waals surface area contributed by atoms with Crippen molar-refractivity contribution in [1.29, 1.82) is 0 Å². The molecule has 0 fully saturated rings. The normalized spacial score (nSPS) is 11.0. The summed E-state index contributed by atoms with van der Waals surface area (Å²) in [4.78, 5) is 10.4. The van der Waals surface area contributed by atoms with Gasteiger partial charge in [0.05, 0.1) is 38.3 Å². The van der Waals surface area contributed by atoms with E-state index in [4.69, 9.17) is 0 Å². The van der Waals surface area contributed by atoms with E-state index in [1.54, 1.807) is 6.92 Å². The van der Waals surface area contributed by atoms with Crippen molar-refractivity contribution in [1.82, 2.24) is 0 Å².